The Balaban J connectivity index is 0.00000288. The standard InChI is InChI=1S/C18H26N4O.ClH/c1-14(2)17(19)18(23)21-13-16-20-10-12-22(16)11-6-9-15-7-4-3-5-8-15;/h3-5,7-8,10,12,14,17H,6,9,11,13,19H2,1-2H3,(H,21,23);1H/t17-;/m0./s1. The van der Waals surface area contributed by atoms with Gasteiger partial charge in [-0.15, -0.1) is 12.4 Å². The fraction of sp³-hybridized carbons (Fsp3) is 0.444. The first-order chi connectivity index (χ1) is 11.1. The average Bonchev–Trinajstić information content (AvgIpc) is 3.00. The third-order valence-electron chi connectivity index (χ3n) is 3.95. The summed E-state index contributed by atoms with van der Waals surface area (Å²) in [4.78, 5) is 16.2. The van der Waals surface area contributed by atoms with Crippen LogP contribution in [-0.4, -0.2) is 21.5 Å². The van der Waals surface area contributed by atoms with Gasteiger partial charge in [0.1, 0.15) is 5.82 Å². The van der Waals surface area contributed by atoms with E-state index in [0.717, 1.165) is 25.2 Å². The van der Waals surface area contributed by atoms with Crippen molar-refractivity contribution < 1.29 is 4.79 Å². The first kappa shape index (κ1) is 20.2. The maximum atomic E-state index is 11.9. The van der Waals surface area contributed by atoms with Gasteiger partial charge in [0.15, 0.2) is 0 Å². The molecule has 0 aliphatic carbocycles. The number of aryl methyl sites for hydroxylation is 2. The van der Waals surface area contributed by atoms with E-state index in [1.54, 1.807) is 6.20 Å². The number of carbonyl (C=O) groups excluding carboxylic acids is 1. The maximum Gasteiger partial charge on any atom is 0.237 e. The van der Waals surface area contributed by atoms with Crippen LogP contribution >= 0.6 is 12.4 Å². The molecule has 2 rings (SSSR count). The van der Waals surface area contributed by atoms with E-state index in [4.69, 9.17) is 5.73 Å². The minimum Gasteiger partial charge on any atom is -0.348 e. The van der Waals surface area contributed by atoms with Crippen LogP contribution in [0.4, 0.5) is 0 Å². The fourth-order valence-corrected chi connectivity index (χ4v) is 2.40. The molecule has 1 amide bonds. The minimum atomic E-state index is -0.475. The molecule has 1 aromatic heterocycles. The summed E-state index contributed by atoms with van der Waals surface area (Å²) in [6.45, 7) is 5.18. The zero-order chi connectivity index (χ0) is 16.7. The first-order valence-electron chi connectivity index (χ1n) is 8.15. The number of hydrogen-bond donors (Lipinski definition) is 2. The molecule has 0 fully saturated rings. The van der Waals surface area contributed by atoms with Crippen LogP contribution in [0.3, 0.4) is 0 Å². The molecule has 24 heavy (non-hydrogen) atoms. The summed E-state index contributed by atoms with van der Waals surface area (Å²) >= 11 is 0. The number of rotatable bonds is 8. The van der Waals surface area contributed by atoms with E-state index in [-0.39, 0.29) is 24.2 Å². The molecule has 0 bridgehead atoms. The highest BCUT2D eigenvalue weighted by molar-refractivity contribution is 5.85. The van der Waals surface area contributed by atoms with Crippen LogP contribution in [0.5, 0.6) is 0 Å². The second-order valence-electron chi connectivity index (χ2n) is 6.11. The number of amides is 1. The van der Waals surface area contributed by atoms with E-state index in [2.05, 4.69) is 39.1 Å². The van der Waals surface area contributed by atoms with Gasteiger partial charge in [-0.1, -0.05) is 44.2 Å². The van der Waals surface area contributed by atoms with Crippen molar-refractivity contribution in [2.24, 2.45) is 11.7 Å². The second kappa shape index (κ2) is 10.1. The summed E-state index contributed by atoms with van der Waals surface area (Å²) in [6, 6.07) is 9.96. The van der Waals surface area contributed by atoms with Gasteiger partial charge in [0.05, 0.1) is 12.6 Å². The van der Waals surface area contributed by atoms with Crippen LogP contribution in [0.15, 0.2) is 42.7 Å². The molecule has 1 heterocycles. The molecule has 0 radical (unpaired) electrons. The zero-order valence-corrected chi connectivity index (χ0v) is 15.1. The van der Waals surface area contributed by atoms with Gasteiger partial charge in [0.2, 0.25) is 5.91 Å². The van der Waals surface area contributed by atoms with Gasteiger partial charge in [-0.2, -0.15) is 0 Å². The lowest BCUT2D eigenvalue weighted by Gasteiger charge is -2.15. The Morgan fingerprint density at radius 2 is 2.00 bits per heavy atom. The van der Waals surface area contributed by atoms with Crippen molar-refractivity contribution in [2.45, 2.75) is 45.8 Å². The van der Waals surface area contributed by atoms with Crippen molar-refractivity contribution in [3.05, 3.63) is 54.1 Å². The molecule has 6 heteroatoms. The Morgan fingerprint density at radius 3 is 2.67 bits per heavy atom. The summed E-state index contributed by atoms with van der Waals surface area (Å²) in [7, 11) is 0. The minimum absolute atomic E-state index is 0. The summed E-state index contributed by atoms with van der Waals surface area (Å²) in [5.41, 5.74) is 7.18. The molecular weight excluding hydrogens is 324 g/mol. The molecule has 0 unspecified atom stereocenters. The molecule has 0 saturated carbocycles. The normalized spacial score (nSPS) is 11.8. The van der Waals surface area contributed by atoms with E-state index in [0.29, 0.717) is 6.54 Å². The van der Waals surface area contributed by atoms with Gasteiger partial charge in [-0.3, -0.25) is 4.79 Å². The highest BCUT2D eigenvalue weighted by Crippen LogP contribution is 2.06. The van der Waals surface area contributed by atoms with Crippen LogP contribution < -0.4 is 11.1 Å². The molecule has 0 aliphatic heterocycles. The zero-order valence-electron chi connectivity index (χ0n) is 14.3. The van der Waals surface area contributed by atoms with Gasteiger partial charge in [0, 0.05) is 18.9 Å². The van der Waals surface area contributed by atoms with Gasteiger partial charge >= 0.3 is 0 Å². The highest BCUT2D eigenvalue weighted by Gasteiger charge is 2.17. The SMILES string of the molecule is CC(C)[C@H](N)C(=O)NCc1nccn1CCCc1ccccc1.Cl. The molecule has 5 nitrogen and oxygen atoms in total. The third-order valence-corrected chi connectivity index (χ3v) is 3.95. The molecule has 1 aromatic carbocycles. The topological polar surface area (TPSA) is 72.9 Å². The molecule has 1 atom stereocenters. The molecule has 132 valence electrons. The summed E-state index contributed by atoms with van der Waals surface area (Å²) < 4.78 is 2.09. The van der Waals surface area contributed by atoms with E-state index in [1.807, 2.05) is 26.1 Å². The Kier molecular flexibility index (Phi) is 8.50. The van der Waals surface area contributed by atoms with Gasteiger partial charge in [-0.05, 0) is 24.3 Å². The van der Waals surface area contributed by atoms with Gasteiger partial charge in [-0.25, -0.2) is 4.98 Å². The van der Waals surface area contributed by atoms with Crippen molar-refractivity contribution in [2.75, 3.05) is 0 Å². The molecule has 3 N–H and O–H groups in total. The fourth-order valence-electron chi connectivity index (χ4n) is 2.40. The van der Waals surface area contributed by atoms with Crippen LogP contribution in [0, 0.1) is 5.92 Å². The van der Waals surface area contributed by atoms with Crippen LogP contribution in [0.1, 0.15) is 31.7 Å². The summed E-state index contributed by atoms with van der Waals surface area (Å²) in [5.74, 6) is 0.863. The van der Waals surface area contributed by atoms with E-state index in [1.165, 1.54) is 5.56 Å². The number of nitrogens with two attached hydrogens (primary N) is 1. The Labute approximate surface area is 150 Å². The Morgan fingerprint density at radius 1 is 1.29 bits per heavy atom. The van der Waals surface area contributed by atoms with E-state index >= 15 is 0 Å². The second-order valence-corrected chi connectivity index (χ2v) is 6.11. The predicted molar refractivity (Wildman–Crippen MR) is 98.9 cm³/mol. The molecule has 0 aliphatic rings. The molecular formula is C18H27ClN4O. The van der Waals surface area contributed by atoms with Crippen LogP contribution in [0.25, 0.3) is 0 Å². The van der Waals surface area contributed by atoms with Crippen molar-refractivity contribution in [3.63, 3.8) is 0 Å². The van der Waals surface area contributed by atoms with Crippen molar-refractivity contribution in [1.82, 2.24) is 14.9 Å². The van der Waals surface area contributed by atoms with Crippen LogP contribution in [0.2, 0.25) is 0 Å². The van der Waals surface area contributed by atoms with Crippen LogP contribution in [-0.2, 0) is 24.3 Å². The quantitative estimate of drug-likeness (QED) is 0.768. The predicted octanol–water partition coefficient (Wildman–Crippen LogP) is 2.54. The Hall–Kier alpha value is -1.85. The van der Waals surface area contributed by atoms with Gasteiger partial charge in [0.25, 0.3) is 0 Å². The van der Waals surface area contributed by atoms with E-state index < -0.39 is 6.04 Å². The number of aromatic nitrogens is 2. The molecule has 2 aromatic rings. The molecule has 0 spiro atoms. The lowest BCUT2D eigenvalue weighted by Crippen LogP contribution is -2.43. The monoisotopic (exact) mass is 350 g/mol. The highest BCUT2D eigenvalue weighted by atomic mass is 35.5. The lowest BCUT2D eigenvalue weighted by atomic mass is 10.1. The summed E-state index contributed by atoms with van der Waals surface area (Å²) in [5, 5.41) is 2.87. The smallest absolute Gasteiger partial charge is 0.237 e. The maximum absolute atomic E-state index is 11.9. The first-order valence-corrected chi connectivity index (χ1v) is 8.15. The number of benzene rings is 1. The molecule has 0 saturated heterocycles. The number of carbonyl (C=O) groups is 1. The van der Waals surface area contributed by atoms with Crippen molar-refractivity contribution in [3.8, 4) is 0 Å². The number of halogens is 1. The van der Waals surface area contributed by atoms with Crippen molar-refractivity contribution >= 4 is 18.3 Å². The number of nitrogens with one attached hydrogen (secondary N) is 1. The summed E-state index contributed by atoms with van der Waals surface area (Å²) in [6.07, 6.45) is 5.79. The van der Waals surface area contributed by atoms with E-state index in [9.17, 15) is 4.79 Å². The largest absolute Gasteiger partial charge is 0.348 e. The lowest BCUT2D eigenvalue weighted by molar-refractivity contribution is -0.123. The number of nitrogens with zero attached hydrogens (tertiary/aromatic N) is 2. The number of hydrogen-bond acceptors (Lipinski definition) is 3. The number of imidazole rings is 1. The van der Waals surface area contributed by atoms with Gasteiger partial charge < -0.3 is 15.6 Å². The third kappa shape index (κ3) is 5.98. The average molecular weight is 351 g/mol. The van der Waals surface area contributed by atoms with Crippen molar-refractivity contribution in [1.29, 1.82) is 0 Å². The Bertz CT molecular complexity index is 612.